The second-order valence-electron chi connectivity index (χ2n) is 4.06. The number of hydrogen-bond acceptors (Lipinski definition) is 3. The molecule has 0 bridgehead atoms. The van der Waals surface area contributed by atoms with Crippen LogP contribution in [0.3, 0.4) is 0 Å². The number of rotatable bonds is 7. The molecule has 0 aliphatic carbocycles. The van der Waals surface area contributed by atoms with Gasteiger partial charge in [0.1, 0.15) is 10.7 Å². The predicted molar refractivity (Wildman–Crippen MR) is 72.2 cm³/mol. The van der Waals surface area contributed by atoms with Crippen LogP contribution in [-0.4, -0.2) is 37.5 Å². The molecule has 108 valence electrons. The van der Waals surface area contributed by atoms with Crippen LogP contribution in [0.25, 0.3) is 0 Å². The zero-order valence-corrected chi connectivity index (χ0v) is 12.2. The fourth-order valence-corrected chi connectivity index (χ4v) is 3.30. The summed E-state index contributed by atoms with van der Waals surface area (Å²) < 4.78 is 39.4. The molecular weight excluding hydrogens is 293 g/mol. The minimum absolute atomic E-state index is 0.0512. The van der Waals surface area contributed by atoms with Crippen molar-refractivity contribution in [2.45, 2.75) is 24.7 Å². The maximum atomic E-state index is 13.7. The molecule has 4 nitrogen and oxygen atoms in total. The molecule has 0 amide bonds. The summed E-state index contributed by atoms with van der Waals surface area (Å²) in [5.74, 6) is -0.882. The highest BCUT2D eigenvalue weighted by Gasteiger charge is 2.26. The minimum atomic E-state index is -3.94. The molecule has 0 saturated carbocycles. The van der Waals surface area contributed by atoms with Gasteiger partial charge in [0.2, 0.25) is 10.0 Å². The van der Waals surface area contributed by atoms with Gasteiger partial charge in [0.25, 0.3) is 0 Å². The Kier molecular flexibility index (Phi) is 6.19. The molecule has 1 rings (SSSR count). The van der Waals surface area contributed by atoms with E-state index in [2.05, 4.69) is 0 Å². The fraction of sp³-hybridized carbons (Fsp3) is 0.500. The van der Waals surface area contributed by atoms with Crippen molar-refractivity contribution >= 4 is 21.6 Å². The van der Waals surface area contributed by atoms with Crippen LogP contribution >= 0.6 is 11.6 Å². The van der Waals surface area contributed by atoms with E-state index in [9.17, 15) is 12.8 Å². The van der Waals surface area contributed by atoms with Gasteiger partial charge in [-0.25, -0.2) is 12.8 Å². The van der Waals surface area contributed by atoms with E-state index in [1.807, 2.05) is 6.92 Å². The van der Waals surface area contributed by atoms with E-state index in [0.717, 1.165) is 22.9 Å². The molecule has 1 aromatic rings. The summed E-state index contributed by atoms with van der Waals surface area (Å²) in [6.07, 6.45) is 1.45. The van der Waals surface area contributed by atoms with Crippen LogP contribution in [0.1, 0.15) is 19.8 Å². The Morgan fingerprint density at radius 3 is 2.58 bits per heavy atom. The van der Waals surface area contributed by atoms with Crippen LogP contribution in [0, 0.1) is 5.82 Å². The maximum Gasteiger partial charge on any atom is 0.246 e. The number of sulfonamides is 1. The molecule has 0 saturated heterocycles. The lowest BCUT2D eigenvalue weighted by Gasteiger charge is -2.21. The summed E-state index contributed by atoms with van der Waals surface area (Å²) in [5.41, 5.74) is 0. The number of halogens is 2. The van der Waals surface area contributed by atoms with Crippen LogP contribution in [0.15, 0.2) is 23.1 Å². The number of aliphatic hydroxyl groups excluding tert-OH is 1. The van der Waals surface area contributed by atoms with E-state index in [-0.39, 0.29) is 24.7 Å². The number of hydrogen-bond donors (Lipinski definition) is 1. The zero-order valence-electron chi connectivity index (χ0n) is 10.6. The molecule has 0 spiro atoms. The van der Waals surface area contributed by atoms with Crippen LogP contribution < -0.4 is 0 Å². The topological polar surface area (TPSA) is 57.6 Å². The fourth-order valence-electron chi connectivity index (χ4n) is 1.62. The van der Waals surface area contributed by atoms with E-state index in [1.165, 1.54) is 6.07 Å². The first-order chi connectivity index (χ1) is 8.93. The Bertz CT molecular complexity index is 522. The SMILES string of the molecule is CCCCN(CCO)S(=O)(=O)c1ccc(Cl)cc1F. The summed E-state index contributed by atoms with van der Waals surface area (Å²) in [7, 11) is -3.94. The average Bonchev–Trinajstić information content (AvgIpc) is 2.33. The Morgan fingerprint density at radius 2 is 2.05 bits per heavy atom. The highest BCUT2D eigenvalue weighted by atomic mass is 35.5. The van der Waals surface area contributed by atoms with Crippen molar-refractivity contribution < 1.29 is 17.9 Å². The number of nitrogens with zero attached hydrogens (tertiary/aromatic N) is 1. The number of unbranched alkanes of at least 4 members (excludes halogenated alkanes) is 1. The van der Waals surface area contributed by atoms with Gasteiger partial charge in [-0.1, -0.05) is 24.9 Å². The lowest BCUT2D eigenvalue weighted by atomic mass is 10.3. The first-order valence-corrected chi connectivity index (χ1v) is 7.81. The average molecular weight is 310 g/mol. The maximum absolute atomic E-state index is 13.7. The summed E-state index contributed by atoms with van der Waals surface area (Å²) in [4.78, 5) is -0.415. The molecule has 0 heterocycles. The molecular formula is C12H17ClFNO3S. The highest BCUT2D eigenvalue weighted by Crippen LogP contribution is 2.22. The third-order valence-corrected chi connectivity index (χ3v) is 4.79. The van der Waals surface area contributed by atoms with Gasteiger partial charge < -0.3 is 5.11 Å². The molecule has 19 heavy (non-hydrogen) atoms. The first kappa shape index (κ1) is 16.4. The van der Waals surface area contributed by atoms with E-state index in [4.69, 9.17) is 16.7 Å². The standard InChI is InChI=1S/C12H17ClFNO3S/c1-2-3-6-15(7-8-16)19(17,18)12-5-4-10(13)9-11(12)14/h4-5,9,16H,2-3,6-8H2,1H3. The third-order valence-electron chi connectivity index (χ3n) is 2.62. The van der Waals surface area contributed by atoms with Gasteiger partial charge in [-0.2, -0.15) is 4.31 Å². The van der Waals surface area contributed by atoms with Crippen LogP contribution in [-0.2, 0) is 10.0 Å². The second kappa shape index (κ2) is 7.19. The normalized spacial score (nSPS) is 12.1. The summed E-state index contributed by atoms with van der Waals surface area (Å²) in [5, 5.41) is 9.08. The highest BCUT2D eigenvalue weighted by molar-refractivity contribution is 7.89. The monoisotopic (exact) mass is 309 g/mol. The van der Waals surface area contributed by atoms with Gasteiger partial charge in [-0.15, -0.1) is 0 Å². The van der Waals surface area contributed by atoms with Crippen LogP contribution in [0.5, 0.6) is 0 Å². The summed E-state index contributed by atoms with van der Waals surface area (Å²) >= 11 is 5.60. The van der Waals surface area contributed by atoms with Gasteiger partial charge in [0.05, 0.1) is 6.61 Å². The van der Waals surface area contributed by atoms with Crippen molar-refractivity contribution in [1.82, 2.24) is 4.31 Å². The largest absolute Gasteiger partial charge is 0.395 e. The van der Waals surface area contributed by atoms with E-state index in [0.29, 0.717) is 6.42 Å². The van der Waals surface area contributed by atoms with E-state index in [1.54, 1.807) is 0 Å². The van der Waals surface area contributed by atoms with E-state index >= 15 is 0 Å². The molecule has 0 atom stereocenters. The van der Waals surface area contributed by atoms with Crippen molar-refractivity contribution in [2.75, 3.05) is 19.7 Å². The van der Waals surface area contributed by atoms with Crippen molar-refractivity contribution in [1.29, 1.82) is 0 Å². The zero-order chi connectivity index (χ0) is 14.5. The molecule has 1 aromatic carbocycles. The Hall–Kier alpha value is -0.690. The lowest BCUT2D eigenvalue weighted by molar-refractivity contribution is 0.252. The molecule has 7 heteroatoms. The van der Waals surface area contributed by atoms with Gasteiger partial charge >= 0.3 is 0 Å². The number of benzene rings is 1. The molecule has 1 N–H and O–H groups in total. The van der Waals surface area contributed by atoms with Crippen molar-refractivity contribution in [3.8, 4) is 0 Å². The van der Waals surface area contributed by atoms with Gasteiger partial charge in [0, 0.05) is 18.1 Å². The Labute approximate surface area is 117 Å². The summed E-state index contributed by atoms with van der Waals surface area (Å²) in [6, 6.07) is 3.43. The molecule has 0 aliphatic heterocycles. The smallest absolute Gasteiger partial charge is 0.246 e. The van der Waals surface area contributed by atoms with Crippen LogP contribution in [0.4, 0.5) is 4.39 Å². The Balaban J connectivity index is 3.11. The van der Waals surface area contributed by atoms with Crippen LogP contribution in [0.2, 0.25) is 5.02 Å². The third kappa shape index (κ3) is 4.14. The van der Waals surface area contributed by atoms with Gasteiger partial charge in [0.15, 0.2) is 0 Å². The number of aliphatic hydroxyl groups is 1. The Morgan fingerprint density at radius 1 is 1.37 bits per heavy atom. The van der Waals surface area contributed by atoms with E-state index < -0.39 is 20.7 Å². The van der Waals surface area contributed by atoms with Gasteiger partial charge in [-0.05, 0) is 24.6 Å². The molecule has 0 unspecified atom stereocenters. The molecule has 0 aliphatic rings. The molecule has 0 fully saturated rings. The van der Waals surface area contributed by atoms with Crippen molar-refractivity contribution in [2.24, 2.45) is 0 Å². The van der Waals surface area contributed by atoms with Crippen molar-refractivity contribution in [3.63, 3.8) is 0 Å². The molecule has 0 radical (unpaired) electrons. The first-order valence-electron chi connectivity index (χ1n) is 5.99. The minimum Gasteiger partial charge on any atom is -0.395 e. The van der Waals surface area contributed by atoms with Gasteiger partial charge in [-0.3, -0.25) is 0 Å². The summed E-state index contributed by atoms with van der Waals surface area (Å²) in [6.45, 7) is 1.82. The second-order valence-corrected chi connectivity index (χ2v) is 6.40. The van der Waals surface area contributed by atoms with Crippen molar-refractivity contribution in [3.05, 3.63) is 29.0 Å². The quantitative estimate of drug-likeness (QED) is 0.840. The molecule has 0 aromatic heterocycles. The predicted octanol–water partition coefficient (Wildman–Crippen LogP) is 2.26. The lowest BCUT2D eigenvalue weighted by Crippen LogP contribution is -2.35.